The monoisotopic (exact) mass is 173 g/mol. The maximum Gasteiger partial charge on any atom is 0.0580 e. The molecule has 0 aliphatic carbocycles. The summed E-state index contributed by atoms with van der Waals surface area (Å²) in [6.07, 6.45) is 5.30. The number of aliphatic hydroxyl groups is 1. The molecule has 2 atom stereocenters. The summed E-state index contributed by atoms with van der Waals surface area (Å²) in [6, 6.07) is 0. The van der Waals surface area contributed by atoms with Crippen molar-refractivity contribution in [3.63, 3.8) is 0 Å². The van der Waals surface area contributed by atoms with Crippen molar-refractivity contribution in [3.05, 3.63) is 0 Å². The summed E-state index contributed by atoms with van der Waals surface area (Å²) in [5.41, 5.74) is 5.53. The normalized spacial score (nSPS) is 16.0. The molecular weight excluding hydrogens is 150 g/mol. The highest BCUT2D eigenvalue weighted by Gasteiger charge is 2.14. The summed E-state index contributed by atoms with van der Waals surface area (Å²) in [6.45, 7) is 4.87. The molecule has 0 fully saturated rings. The van der Waals surface area contributed by atoms with Crippen LogP contribution in [0.3, 0.4) is 0 Å². The Morgan fingerprint density at radius 3 is 2.33 bits per heavy atom. The molecule has 0 bridgehead atoms. The van der Waals surface area contributed by atoms with Gasteiger partial charge in [-0.15, -0.1) is 0 Å². The van der Waals surface area contributed by atoms with Crippen molar-refractivity contribution in [1.82, 2.24) is 0 Å². The van der Waals surface area contributed by atoms with E-state index < -0.39 is 0 Å². The first kappa shape index (κ1) is 11.9. The van der Waals surface area contributed by atoms with Gasteiger partial charge < -0.3 is 10.8 Å². The zero-order valence-corrected chi connectivity index (χ0v) is 8.42. The molecule has 0 radical (unpaired) electrons. The lowest BCUT2D eigenvalue weighted by atomic mass is 9.95. The van der Waals surface area contributed by atoms with E-state index in [1.165, 1.54) is 12.8 Å². The summed E-state index contributed by atoms with van der Waals surface area (Å²) < 4.78 is 0. The highest BCUT2D eigenvalue weighted by atomic mass is 16.3. The Morgan fingerprint density at radius 1 is 1.25 bits per heavy atom. The van der Waals surface area contributed by atoms with Crippen molar-refractivity contribution in [2.75, 3.05) is 6.54 Å². The number of hydrogen-bond donors (Lipinski definition) is 2. The molecule has 0 aromatic carbocycles. The van der Waals surface area contributed by atoms with E-state index >= 15 is 0 Å². The molecule has 2 nitrogen and oxygen atoms in total. The number of nitrogens with two attached hydrogens (primary N) is 1. The van der Waals surface area contributed by atoms with Gasteiger partial charge in [0.2, 0.25) is 0 Å². The molecule has 2 heteroatoms. The Balaban J connectivity index is 3.47. The molecule has 0 amide bonds. The van der Waals surface area contributed by atoms with E-state index in [1.54, 1.807) is 0 Å². The van der Waals surface area contributed by atoms with Crippen LogP contribution in [0.1, 0.15) is 46.0 Å². The van der Waals surface area contributed by atoms with Crippen LogP contribution in [0.2, 0.25) is 0 Å². The largest absolute Gasteiger partial charge is 0.393 e. The smallest absolute Gasteiger partial charge is 0.0580 e. The average Bonchev–Trinajstić information content (AvgIpc) is 2.07. The Kier molecular flexibility index (Phi) is 7.51. The van der Waals surface area contributed by atoms with Crippen molar-refractivity contribution < 1.29 is 5.11 Å². The van der Waals surface area contributed by atoms with Crippen molar-refractivity contribution >= 4 is 0 Å². The molecule has 0 spiro atoms. The van der Waals surface area contributed by atoms with Crippen LogP contribution in [0.4, 0.5) is 0 Å². The van der Waals surface area contributed by atoms with Crippen LogP contribution in [-0.4, -0.2) is 17.8 Å². The number of hydrogen-bond acceptors (Lipinski definition) is 2. The first-order valence-corrected chi connectivity index (χ1v) is 5.14. The molecule has 0 heterocycles. The Bertz CT molecular complexity index is 91.8. The fourth-order valence-electron chi connectivity index (χ4n) is 1.44. The van der Waals surface area contributed by atoms with E-state index in [2.05, 4.69) is 13.8 Å². The lowest BCUT2D eigenvalue weighted by molar-refractivity contribution is 0.0977. The van der Waals surface area contributed by atoms with Crippen LogP contribution in [0.25, 0.3) is 0 Å². The molecule has 0 aromatic heterocycles. The lowest BCUT2D eigenvalue weighted by Crippen LogP contribution is -2.27. The van der Waals surface area contributed by atoms with Gasteiger partial charge in [-0.25, -0.2) is 0 Å². The quantitative estimate of drug-likeness (QED) is 0.578. The molecule has 0 saturated carbocycles. The van der Waals surface area contributed by atoms with Gasteiger partial charge in [-0.05, 0) is 25.3 Å². The lowest BCUT2D eigenvalue weighted by Gasteiger charge is -2.19. The second-order valence-corrected chi connectivity index (χ2v) is 3.47. The average molecular weight is 173 g/mol. The molecule has 0 aliphatic rings. The van der Waals surface area contributed by atoms with Gasteiger partial charge in [-0.2, -0.15) is 0 Å². The van der Waals surface area contributed by atoms with Gasteiger partial charge in [-0.3, -0.25) is 0 Å². The van der Waals surface area contributed by atoms with Crippen molar-refractivity contribution in [2.24, 2.45) is 11.7 Å². The summed E-state index contributed by atoms with van der Waals surface area (Å²) in [4.78, 5) is 0. The molecule has 2 unspecified atom stereocenters. The van der Waals surface area contributed by atoms with Crippen LogP contribution < -0.4 is 5.73 Å². The van der Waals surface area contributed by atoms with E-state index in [4.69, 9.17) is 5.73 Å². The summed E-state index contributed by atoms with van der Waals surface area (Å²) in [7, 11) is 0. The predicted octanol–water partition coefficient (Wildman–Crippen LogP) is 1.91. The third-order valence-electron chi connectivity index (χ3n) is 2.47. The first-order chi connectivity index (χ1) is 5.76. The van der Waals surface area contributed by atoms with E-state index in [0.29, 0.717) is 12.5 Å². The molecule has 0 aromatic rings. The number of unbranched alkanes of at least 4 members (excludes halogenated alkanes) is 2. The fraction of sp³-hybridized carbons (Fsp3) is 1.00. The van der Waals surface area contributed by atoms with Gasteiger partial charge in [0.05, 0.1) is 6.10 Å². The van der Waals surface area contributed by atoms with Crippen LogP contribution in [0, 0.1) is 5.92 Å². The van der Waals surface area contributed by atoms with Crippen molar-refractivity contribution in [1.29, 1.82) is 0 Å². The Labute approximate surface area is 76.2 Å². The van der Waals surface area contributed by atoms with Crippen molar-refractivity contribution in [3.8, 4) is 0 Å². The molecule has 0 aliphatic heterocycles. The van der Waals surface area contributed by atoms with Gasteiger partial charge in [0.25, 0.3) is 0 Å². The SMILES string of the molecule is CCCCCC(O)C(CC)CN. The van der Waals surface area contributed by atoms with E-state index in [1.807, 2.05) is 0 Å². The van der Waals surface area contributed by atoms with Crippen LogP contribution in [0.5, 0.6) is 0 Å². The van der Waals surface area contributed by atoms with Gasteiger partial charge in [0.15, 0.2) is 0 Å². The second-order valence-electron chi connectivity index (χ2n) is 3.47. The number of aliphatic hydroxyl groups excluding tert-OH is 1. The summed E-state index contributed by atoms with van der Waals surface area (Å²) >= 11 is 0. The predicted molar refractivity (Wildman–Crippen MR) is 53.0 cm³/mol. The summed E-state index contributed by atoms with van der Waals surface area (Å²) in [5.74, 6) is 0.307. The topological polar surface area (TPSA) is 46.2 Å². The van der Waals surface area contributed by atoms with E-state index in [-0.39, 0.29) is 6.10 Å². The first-order valence-electron chi connectivity index (χ1n) is 5.14. The minimum Gasteiger partial charge on any atom is -0.393 e. The van der Waals surface area contributed by atoms with E-state index in [9.17, 15) is 5.11 Å². The van der Waals surface area contributed by atoms with Gasteiger partial charge >= 0.3 is 0 Å². The van der Waals surface area contributed by atoms with E-state index in [0.717, 1.165) is 19.3 Å². The van der Waals surface area contributed by atoms with Crippen LogP contribution in [0.15, 0.2) is 0 Å². The van der Waals surface area contributed by atoms with Gasteiger partial charge in [0.1, 0.15) is 0 Å². The summed E-state index contributed by atoms with van der Waals surface area (Å²) in [5, 5.41) is 9.66. The third-order valence-corrected chi connectivity index (χ3v) is 2.47. The maximum absolute atomic E-state index is 9.66. The Morgan fingerprint density at radius 2 is 1.92 bits per heavy atom. The molecule has 0 rings (SSSR count). The van der Waals surface area contributed by atoms with Gasteiger partial charge in [-0.1, -0.05) is 33.1 Å². The molecule has 74 valence electrons. The zero-order valence-electron chi connectivity index (χ0n) is 8.42. The van der Waals surface area contributed by atoms with Crippen molar-refractivity contribution in [2.45, 2.75) is 52.1 Å². The minimum absolute atomic E-state index is 0.174. The minimum atomic E-state index is -0.174. The molecule has 3 N–H and O–H groups in total. The Hall–Kier alpha value is -0.0800. The highest BCUT2D eigenvalue weighted by molar-refractivity contribution is 4.67. The number of rotatable bonds is 7. The molecule has 0 saturated heterocycles. The van der Waals surface area contributed by atoms with Gasteiger partial charge in [0, 0.05) is 0 Å². The third kappa shape index (κ3) is 4.73. The molecule has 12 heavy (non-hydrogen) atoms. The van der Waals surface area contributed by atoms with Crippen LogP contribution >= 0.6 is 0 Å². The second kappa shape index (κ2) is 7.56. The zero-order chi connectivity index (χ0) is 9.40. The maximum atomic E-state index is 9.66. The standard InChI is InChI=1S/C10H23NO/c1-3-5-6-7-10(12)9(4-2)8-11/h9-10,12H,3-8,11H2,1-2H3. The fourth-order valence-corrected chi connectivity index (χ4v) is 1.44. The van der Waals surface area contributed by atoms with Crippen LogP contribution in [-0.2, 0) is 0 Å². The highest BCUT2D eigenvalue weighted by Crippen LogP contribution is 2.13. The molecular formula is C10H23NO.